The molecule has 0 N–H and O–H groups in total. The molecule has 0 spiro atoms. The Morgan fingerprint density at radius 3 is 0.957 bits per heavy atom. The molecule has 0 fully saturated rings. The first kappa shape index (κ1) is 20.2. The third-order valence-corrected chi connectivity index (χ3v) is 3.55. The minimum Gasteiger partial charge on any atom is -0.0843 e. The molecule has 0 radical (unpaired) electrons. The molecule has 0 saturated heterocycles. The molecule has 3 rings (SSSR count). The van der Waals surface area contributed by atoms with Gasteiger partial charge in [0.2, 0.25) is 0 Å². The molecule has 3 aromatic carbocycles. The summed E-state index contributed by atoms with van der Waals surface area (Å²) in [5.41, 5.74) is 0. The zero-order valence-electron chi connectivity index (χ0n) is 11.9. The van der Waals surface area contributed by atoms with Crippen LogP contribution in [-0.2, 0) is 0 Å². The Balaban J connectivity index is 0.000000173. The number of hydrogen-bond acceptors (Lipinski definition) is 0. The van der Waals surface area contributed by atoms with Crippen LogP contribution in [0.15, 0.2) is 78.9 Å². The Kier molecular flexibility index (Phi) is 10.2. The number of rotatable bonds is 0. The van der Waals surface area contributed by atoms with Crippen molar-refractivity contribution in [2.45, 2.75) is 0 Å². The van der Waals surface area contributed by atoms with Gasteiger partial charge in [-0.05, 0) is 54.6 Å². The van der Waals surface area contributed by atoms with Crippen LogP contribution >= 0.6 is 58.0 Å². The van der Waals surface area contributed by atoms with Gasteiger partial charge in [0.1, 0.15) is 0 Å². The summed E-state index contributed by atoms with van der Waals surface area (Å²) in [5, 5.41) is 3.58. The van der Waals surface area contributed by atoms with Gasteiger partial charge in [-0.25, -0.2) is 0 Å². The Morgan fingerprint density at radius 2 is 0.696 bits per heavy atom. The van der Waals surface area contributed by atoms with E-state index >= 15 is 0 Å². The first-order chi connectivity index (χ1) is 11.0. The molecule has 5 heteroatoms. The molecular formula is C18H13Cl5. The fourth-order valence-corrected chi connectivity index (χ4v) is 2.14. The molecule has 23 heavy (non-hydrogen) atoms. The monoisotopic (exact) mass is 404 g/mol. The maximum absolute atomic E-state index is 5.56. The second-order valence-corrected chi connectivity index (χ2v) is 6.35. The van der Waals surface area contributed by atoms with E-state index < -0.39 is 0 Å². The summed E-state index contributed by atoms with van der Waals surface area (Å²) < 4.78 is 0. The minimum atomic E-state index is 0.678. The van der Waals surface area contributed by atoms with Crippen molar-refractivity contribution in [2.75, 3.05) is 0 Å². The lowest BCUT2D eigenvalue weighted by atomic mass is 10.4. The lowest BCUT2D eigenvalue weighted by Gasteiger charge is -1.86. The van der Waals surface area contributed by atoms with Crippen LogP contribution in [0.25, 0.3) is 0 Å². The van der Waals surface area contributed by atoms with Gasteiger partial charge < -0.3 is 0 Å². The minimum absolute atomic E-state index is 0.678. The standard InChI is InChI=1S/2C6H4Cl2.C6H5Cl/c7-5-1-2-6(8)4-3-5;7-5-2-1-3-6(8)4-5;7-6-4-2-1-3-5-6/h2*1-4H;1-5H. The summed E-state index contributed by atoms with van der Waals surface area (Å²) in [5.74, 6) is 0. The Morgan fingerprint density at radius 1 is 0.348 bits per heavy atom. The highest BCUT2D eigenvalue weighted by atomic mass is 35.5. The first-order valence-corrected chi connectivity index (χ1v) is 8.39. The summed E-state index contributed by atoms with van der Waals surface area (Å²) in [6.45, 7) is 0. The van der Waals surface area contributed by atoms with E-state index in [2.05, 4.69) is 0 Å². The molecule has 0 unspecified atom stereocenters. The van der Waals surface area contributed by atoms with Crippen molar-refractivity contribution in [3.8, 4) is 0 Å². The van der Waals surface area contributed by atoms with Crippen molar-refractivity contribution in [3.05, 3.63) is 104 Å². The second-order valence-electron chi connectivity index (χ2n) is 4.17. The molecule has 0 heterocycles. The number of benzene rings is 3. The van der Waals surface area contributed by atoms with E-state index in [0.29, 0.717) is 10.0 Å². The fraction of sp³-hybridized carbons (Fsp3) is 0. The fourth-order valence-electron chi connectivity index (χ4n) is 1.30. The second kappa shape index (κ2) is 11.6. The van der Waals surface area contributed by atoms with E-state index in [0.717, 1.165) is 15.1 Å². The quantitative estimate of drug-likeness (QED) is 0.352. The van der Waals surface area contributed by atoms with Crippen LogP contribution in [0.4, 0.5) is 0 Å². The average Bonchev–Trinajstić information content (AvgIpc) is 2.52. The largest absolute Gasteiger partial charge is 0.0843 e. The highest BCUT2D eigenvalue weighted by molar-refractivity contribution is 6.34. The van der Waals surface area contributed by atoms with Gasteiger partial charge in [-0.2, -0.15) is 0 Å². The van der Waals surface area contributed by atoms with E-state index in [9.17, 15) is 0 Å². The molecule has 0 saturated carbocycles. The average molecular weight is 407 g/mol. The van der Waals surface area contributed by atoms with E-state index in [-0.39, 0.29) is 0 Å². The Bertz CT molecular complexity index is 643. The zero-order valence-corrected chi connectivity index (χ0v) is 15.7. The van der Waals surface area contributed by atoms with E-state index in [1.165, 1.54) is 0 Å². The summed E-state index contributed by atoms with van der Waals surface area (Å²) >= 11 is 27.8. The molecule has 0 atom stereocenters. The predicted molar refractivity (Wildman–Crippen MR) is 104 cm³/mol. The number of hydrogen-bond donors (Lipinski definition) is 0. The van der Waals surface area contributed by atoms with Crippen LogP contribution in [0.1, 0.15) is 0 Å². The van der Waals surface area contributed by atoms with Crippen LogP contribution in [-0.4, -0.2) is 0 Å². The van der Waals surface area contributed by atoms with Crippen molar-refractivity contribution in [3.63, 3.8) is 0 Å². The van der Waals surface area contributed by atoms with Gasteiger partial charge in [0.15, 0.2) is 0 Å². The molecule has 0 aliphatic carbocycles. The topological polar surface area (TPSA) is 0 Å². The van der Waals surface area contributed by atoms with E-state index in [4.69, 9.17) is 58.0 Å². The van der Waals surface area contributed by atoms with Crippen molar-refractivity contribution in [1.82, 2.24) is 0 Å². The summed E-state index contributed by atoms with van der Waals surface area (Å²) in [7, 11) is 0. The van der Waals surface area contributed by atoms with Gasteiger partial charge >= 0.3 is 0 Å². The zero-order chi connectivity index (χ0) is 17.1. The molecule has 0 bridgehead atoms. The van der Waals surface area contributed by atoms with Crippen LogP contribution < -0.4 is 0 Å². The summed E-state index contributed by atoms with van der Waals surface area (Å²) in [6, 6.07) is 23.5. The lowest BCUT2D eigenvalue weighted by molar-refractivity contribution is 1.71. The van der Waals surface area contributed by atoms with Gasteiger partial charge in [-0.1, -0.05) is 82.3 Å². The normalized spacial score (nSPS) is 9.09. The molecule has 3 aromatic rings. The molecule has 120 valence electrons. The summed E-state index contributed by atoms with van der Waals surface area (Å²) in [4.78, 5) is 0. The van der Waals surface area contributed by atoms with Gasteiger partial charge in [-0.15, -0.1) is 0 Å². The molecule has 0 amide bonds. The van der Waals surface area contributed by atoms with E-state index in [1.807, 2.05) is 36.4 Å². The third kappa shape index (κ3) is 10.5. The van der Waals surface area contributed by atoms with Crippen LogP contribution in [0.5, 0.6) is 0 Å². The van der Waals surface area contributed by atoms with Crippen molar-refractivity contribution in [2.24, 2.45) is 0 Å². The maximum Gasteiger partial charge on any atom is 0.0420 e. The van der Waals surface area contributed by atoms with E-state index in [1.54, 1.807) is 42.5 Å². The highest BCUT2D eigenvalue weighted by Crippen LogP contribution is 2.14. The van der Waals surface area contributed by atoms with Gasteiger partial charge in [-0.3, -0.25) is 0 Å². The van der Waals surface area contributed by atoms with Gasteiger partial charge in [0.25, 0.3) is 0 Å². The molecule has 0 aliphatic rings. The van der Waals surface area contributed by atoms with Crippen LogP contribution in [0, 0.1) is 0 Å². The lowest BCUT2D eigenvalue weighted by Crippen LogP contribution is -1.61. The van der Waals surface area contributed by atoms with Gasteiger partial charge in [0.05, 0.1) is 0 Å². The smallest absolute Gasteiger partial charge is 0.0420 e. The van der Waals surface area contributed by atoms with Crippen LogP contribution in [0.3, 0.4) is 0 Å². The van der Waals surface area contributed by atoms with Crippen molar-refractivity contribution >= 4 is 58.0 Å². The third-order valence-electron chi connectivity index (χ3n) is 2.32. The summed E-state index contributed by atoms with van der Waals surface area (Å²) in [6.07, 6.45) is 0. The SMILES string of the molecule is Clc1ccc(Cl)cc1.Clc1cccc(Cl)c1.Clc1ccccc1. The van der Waals surface area contributed by atoms with Crippen molar-refractivity contribution in [1.29, 1.82) is 0 Å². The van der Waals surface area contributed by atoms with Gasteiger partial charge in [0, 0.05) is 25.1 Å². The predicted octanol–water partition coefficient (Wildman–Crippen LogP) is 8.33. The molecular weight excluding hydrogens is 393 g/mol. The number of halogens is 5. The molecule has 0 aliphatic heterocycles. The highest BCUT2D eigenvalue weighted by Gasteiger charge is 1.85. The first-order valence-electron chi connectivity index (χ1n) is 6.50. The molecule has 0 nitrogen and oxygen atoms in total. The van der Waals surface area contributed by atoms with Crippen LogP contribution in [0.2, 0.25) is 25.1 Å². The Labute approximate surface area is 161 Å². The maximum atomic E-state index is 5.56. The van der Waals surface area contributed by atoms with Crippen molar-refractivity contribution < 1.29 is 0 Å². The molecule has 0 aromatic heterocycles. The Hall–Kier alpha value is -0.890.